The van der Waals surface area contributed by atoms with Gasteiger partial charge >= 0.3 is 5.97 Å². The first-order valence-corrected chi connectivity index (χ1v) is 5.00. The monoisotopic (exact) mass is 229 g/mol. The smallest absolute Gasteiger partial charge is 0.338 e. The van der Waals surface area contributed by atoms with Crippen LogP contribution in [0.15, 0.2) is 28.2 Å². The minimum absolute atomic E-state index is 0.296. The van der Waals surface area contributed by atoms with Crippen molar-refractivity contribution in [2.45, 2.75) is 4.90 Å². The molecular formula is C7H5N2O5S. The van der Waals surface area contributed by atoms with Crippen LogP contribution in [0, 0.1) is 0 Å². The number of hydrogen-bond donors (Lipinski definition) is 2. The second-order valence-corrected chi connectivity index (χ2v) is 3.98. The maximum atomic E-state index is 10.7. The Morgan fingerprint density at radius 2 is 2.00 bits per heavy atom. The lowest BCUT2D eigenvalue weighted by molar-refractivity contribution is 0.0697. The Morgan fingerprint density at radius 3 is 2.40 bits per heavy atom. The van der Waals surface area contributed by atoms with E-state index < -0.39 is 26.5 Å². The van der Waals surface area contributed by atoms with Gasteiger partial charge in [0.2, 0.25) is 0 Å². The molecule has 1 aromatic carbocycles. The van der Waals surface area contributed by atoms with Gasteiger partial charge in [0.25, 0.3) is 10.1 Å². The third kappa shape index (κ3) is 2.36. The van der Waals surface area contributed by atoms with E-state index in [1.54, 1.807) is 0 Å². The van der Waals surface area contributed by atoms with Gasteiger partial charge in [-0.25, -0.2) is 4.79 Å². The fourth-order valence-corrected chi connectivity index (χ4v) is 1.44. The molecule has 0 fully saturated rings. The number of carboxylic acids is 1. The molecule has 0 bridgehead atoms. The van der Waals surface area contributed by atoms with E-state index in [1.165, 1.54) is 0 Å². The van der Waals surface area contributed by atoms with Crippen LogP contribution in [0.5, 0.6) is 0 Å². The third-order valence-electron chi connectivity index (χ3n) is 1.60. The fraction of sp³-hybridized carbons (Fsp3) is 0. The SMILES string of the molecule is [N]=Nc1ccc(S(=O)(=O)O)cc1C(=O)O. The summed E-state index contributed by atoms with van der Waals surface area (Å²) < 4.78 is 30.0. The Hall–Kier alpha value is -1.80. The fourth-order valence-electron chi connectivity index (χ4n) is 0.934. The van der Waals surface area contributed by atoms with Gasteiger partial charge in [-0.2, -0.15) is 8.42 Å². The van der Waals surface area contributed by atoms with E-state index in [-0.39, 0.29) is 5.69 Å². The summed E-state index contributed by atoms with van der Waals surface area (Å²) >= 11 is 0. The molecule has 1 rings (SSSR count). The zero-order chi connectivity index (χ0) is 11.6. The quantitative estimate of drug-likeness (QED) is 0.576. The van der Waals surface area contributed by atoms with E-state index in [1.807, 2.05) is 0 Å². The summed E-state index contributed by atoms with van der Waals surface area (Å²) in [5, 5.41) is 11.3. The second kappa shape index (κ2) is 3.75. The van der Waals surface area contributed by atoms with Gasteiger partial charge in [-0.15, -0.1) is 5.11 Å². The summed E-state index contributed by atoms with van der Waals surface area (Å²) in [6.07, 6.45) is 0. The number of rotatable bonds is 3. The van der Waals surface area contributed by atoms with Crippen molar-refractivity contribution in [1.82, 2.24) is 5.53 Å². The highest BCUT2D eigenvalue weighted by molar-refractivity contribution is 7.85. The Bertz CT molecular complexity index is 522. The largest absolute Gasteiger partial charge is 0.478 e. The molecule has 0 aromatic heterocycles. The molecule has 0 aliphatic rings. The molecule has 8 heteroatoms. The molecule has 0 aliphatic heterocycles. The summed E-state index contributed by atoms with van der Waals surface area (Å²) in [7, 11) is -4.47. The molecule has 7 nitrogen and oxygen atoms in total. The second-order valence-electron chi connectivity index (χ2n) is 2.56. The number of nitrogens with zero attached hydrogens (tertiary/aromatic N) is 2. The van der Waals surface area contributed by atoms with Crippen molar-refractivity contribution in [3.63, 3.8) is 0 Å². The van der Waals surface area contributed by atoms with Crippen LogP contribution in [0.2, 0.25) is 0 Å². The minimum Gasteiger partial charge on any atom is -0.478 e. The summed E-state index contributed by atoms with van der Waals surface area (Å²) in [6, 6.07) is 2.59. The maximum Gasteiger partial charge on any atom is 0.338 e. The van der Waals surface area contributed by atoms with Gasteiger partial charge < -0.3 is 5.11 Å². The van der Waals surface area contributed by atoms with Crippen LogP contribution in [-0.2, 0) is 10.1 Å². The van der Waals surface area contributed by atoms with Crippen LogP contribution in [0.4, 0.5) is 5.69 Å². The van der Waals surface area contributed by atoms with Crippen LogP contribution in [-0.4, -0.2) is 24.0 Å². The lowest BCUT2D eigenvalue weighted by Crippen LogP contribution is -2.02. The Labute approximate surface area is 84.6 Å². The highest BCUT2D eigenvalue weighted by Crippen LogP contribution is 2.22. The summed E-state index contributed by atoms with van der Waals surface area (Å²) in [4.78, 5) is 10.0. The van der Waals surface area contributed by atoms with Crippen molar-refractivity contribution in [3.8, 4) is 0 Å². The third-order valence-corrected chi connectivity index (χ3v) is 2.45. The molecule has 0 saturated carbocycles. The van der Waals surface area contributed by atoms with Gasteiger partial charge in [-0.05, 0) is 23.7 Å². The normalized spacial score (nSPS) is 11.0. The predicted octanol–water partition coefficient (Wildman–Crippen LogP) is 0.515. The van der Waals surface area contributed by atoms with E-state index in [4.69, 9.17) is 15.2 Å². The molecule has 0 aliphatic carbocycles. The average molecular weight is 229 g/mol. The van der Waals surface area contributed by atoms with Crippen molar-refractivity contribution in [1.29, 1.82) is 0 Å². The average Bonchev–Trinajstić information content (AvgIpc) is 2.15. The molecular weight excluding hydrogens is 224 g/mol. The molecule has 79 valence electrons. The van der Waals surface area contributed by atoms with Crippen LogP contribution in [0.25, 0.3) is 0 Å². The van der Waals surface area contributed by atoms with Crippen molar-refractivity contribution in [3.05, 3.63) is 23.8 Å². The topological polar surface area (TPSA) is 126 Å². The van der Waals surface area contributed by atoms with Crippen molar-refractivity contribution in [2.75, 3.05) is 0 Å². The number of carboxylic acid groups (broad SMARTS) is 1. The molecule has 2 N–H and O–H groups in total. The molecule has 0 unspecified atom stereocenters. The van der Waals surface area contributed by atoms with Crippen molar-refractivity contribution in [2.24, 2.45) is 5.11 Å². The molecule has 15 heavy (non-hydrogen) atoms. The van der Waals surface area contributed by atoms with Gasteiger partial charge in [0.15, 0.2) is 0 Å². The van der Waals surface area contributed by atoms with E-state index in [0.29, 0.717) is 6.07 Å². The van der Waals surface area contributed by atoms with Crippen LogP contribution in [0.3, 0.4) is 0 Å². The first-order chi connectivity index (χ1) is 6.86. The van der Waals surface area contributed by atoms with Crippen LogP contribution in [0.1, 0.15) is 10.4 Å². The Kier molecular flexibility index (Phi) is 2.82. The molecule has 1 aromatic rings. The van der Waals surface area contributed by atoms with Gasteiger partial charge in [-0.1, -0.05) is 0 Å². The molecule has 0 spiro atoms. The summed E-state index contributed by atoms with van der Waals surface area (Å²) in [5.74, 6) is -1.46. The van der Waals surface area contributed by atoms with E-state index in [9.17, 15) is 13.2 Å². The molecule has 0 saturated heterocycles. The van der Waals surface area contributed by atoms with E-state index >= 15 is 0 Å². The summed E-state index contributed by atoms with van der Waals surface area (Å²) in [5.41, 5.74) is 7.59. The highest BCUT2D eigenvalue weighted by Gasteiger charge is 2.16. The lowest BCUT2D eigenvalue weighted by Gasteiger charge is -2.01. The number of aromatic carboxylic acids is 1. The zero-order valence-corrected chi connectivity index (χ0v) is 7.97. The Balaban J connectivity index is 3.48. The maximum absolute atomic E-state index is 10.7. The lowest BCUT2D eigenvalue weighted by atomic mass is 10.2. The Morgan fingerprint density at radius 1 is 1.40 bits per heavy atom. The van der Waals surface area contributed by atoms with Crippen LogP contribution < -0.4 is 5.53 Å². The predicted molar refractivity (Wildman–Crippen MR) is 47.4 cm³/mol. The minimum atomic E-state index is -4.47. The van der Waals surface area contributed by atoms with Gasteiger partial charge in [0.1, 0.15) is 5.69 Å². The number of benzene rings is 1. The van der Waals surface area contributed by atoms with Crippen molar-refractivity contribution >= 4 is 21.8 Å². The number of hydrogen-bond acceptors (Lipinski definition) is 4. The molecule has 0 atom stereocenters. The molecule has 0 amide bonds. The standard InChI is InChI=1S/C7H5N2O5S/c8-9-6-2-1-4(15(12,13)14)3-5(6)7(10)11/h1-3H,(H,10,11)(H,12,13,14). The van der Waals surface area contributed by atoms with Crippen molar-refractivity contribution < 1.29 is 22.9 Å². The molecule has 0 heterocycles. The van der Waals surface area contributed by atoms with Gasteiger partial charge in [0.05, 0.1) is 10.5 Å². The first kappa shape index (κ1) is 11.3. The van der Waals surface area contributed by atoms with E-state index in [2.05, 4.69) is 5.11 Å². The zero-order valence-electron chi connectivity index (χ0n) is 7.15. The van der Waals surface area contributed by atoms with Gasteiger partial charge in [-0.3, -0.25) is 4.55 Å². The highest BCUT2D eigenvalue weighted by atomic mass is 32.2. The van der Waals surface area contributed by atoms with Crippen LogP contribution >= 0.6 is 0 Å². The first-order valence-electron chi connectivity index (χ1n) is 3.56. The molecule has 1 radical (unpaired) electrons. The summed E-state index contributed by atoms with van der Waals surface area (Å²) in [6.45, 7) is 0. The van der Waals surface area contributed by atoms with E-state index in [0.717, 1.165) is 12.1 Å². The number of carbonyl (C=O) groups is 1. The van der Waals surface area contributed by atoms with Gasteiger partial charge in [0, 0.05) is 0 Å².